The Balaban J connectivity index is 2.45. The number of imidazole rings is 1. The maximum absolute atomic E-state index is 10.7. The smallest absolute Gasteiger partial charge is 0.251 e. The molecular formula is C17H22ClN3O4S. The Morgan fingerprint density at radius 1 is 1.46 bits per heavy atom. The van der Waals surface area contributed by atoms with E-state index in [9.17, 15) is 18.2 Å². The minimum Gasteiger partial charge on any atom is -0.748 e. The first-order chi connectivity index (χ1) is 12.2. The van der Waals surface area contributed by atoms with Crippen LogP contribution in [0.4, 0.5) is 0 Å². The normalized spacial score (nSPS) is 13.1. The van der Waals surface area contributed by atoms with Crippen molar-refractivity contribution in [1.29, 1.82) is 5.26 Å². The second-order valence-corrected chi connectivity index (χ2v) is 8.01. The molecule has 1 unspecified atom stereocenters. The van der Waals surface area contributed by atoms with Gasteiger partial charge >= 0.3 is 0 Å². The number of unbranched alkanes of at least 4 members (excludes halogenated alkanes) is 1. The second-order valence-electron chi connectivity index (χ2n) is 6.08. The number of nitriles is 1. The first-order valence-corrected chi connectivity index (χ1v) is 10.3. The third-order valence-electron chi connectivity index (χ3n) is 4.26. The van der Waals surface area contributed by atoms with Crippen molar-refractivity contribution in [3.63, 3.8) is 0 Å². The van der Waals surface area contributed by atoms with Gasteiger partial charge in [0.1, 0.15) is 6.07 Å². The Hall–Kier alpha value is -1.66. The molecule has 0 spiro atoms. The number of halogens is 1. The quantitative estimate of drug-likeness (QED) is 0.417. The fraction of sp³-hybridized carbons (Fsp3) is 0.529. The molecule has 0 amide bonds. The Morgan fingerprint density at radius 3 is 2.73 bits per heavy atom. The van der Waals surface area contributed by atoms with Gasteiger partial charge in [0.25, 0.3) is 5.82 Å². The summed E-state index contributed by atoms with van der Waals surface area (Å²) >= 11 is 6.33. The monoisotopic (exact) mass is 399 g/mol. The van der Waals surface area contributed by atoms with Crippen LogP contribution < -0.4 is 4.57 Å². The van der Waals surface area contributed by atoms with Crippen molar-refractivity contribution in [3.8, 4) is 6.07 Å². The number of benzene rings is 1. The fourth-order valence-electron chi connectivity index (χ4n) is 3.12. The molecule has 26 heavy (non-hydrogen) atoms. The first-order valence-electron chi connectivity index (χ1n) is 8.39. The molecule has 1 aromatic carbocycles. The van der Waals surface area contributed by atoms with E-state index in [4.69, 9.17) is 16.3 Å². The lowest BCUT2D eigenvalue weighted by atomic mass is 10.0. The molecule has 0 fully saturated rings. The summed E-state index contributed by atoms with van der Waals surface area (Å²) in [6, 6.07) is 3.88. The van der Waals surface area contributed by atoms with Gasteiger partial charge in [-0.25, -0.2) is 18.0 Å². The standard InChI is InChI=1S/C17H22ClN3O4S/c1-4-25-11(2)16-13(10-19)14(18)9-15-17(16)20-12(3)21(15)7-5-6-8-26(22,23)24/h9,11H,4-8H2,1-3H3,(H,22,23,24). The number of rotatable bonds is 8. The van der Waals surface area contributed by atoms with Crippen molar-refractivity contribution in [2.45, 2.75) is 46.3 Å². The number of nitrogens with zero attached hydrogens (tertiary/aromatic N) is 2. The lowest BCUT2D eigenvalue weighted by Gasteiger charge is -2.14. The van der Waals surface area contributed by atoms with Gasteiger partial charge in [-0.05, 0) is 26.7 Å². The molecule has 1 heterocycles. The zero-order chi connectivity index (χ0) is 19.5. The third-order valence-corrected chi connectivity index (χ3v) is 5.35. The average molecular weight is 400 g/mol. The highest BCUT2D eigenvalue weighted by Crippen LogP contribution is 2.33. The van der Waals surface area contributed by atoms with E-state index in [0.717, 1.165) is 16.9 Å². The van der Waals surface area contributed by atoms with Crippen molar-refractivity contribution >= 4 is 32.8 Å². The number of nitrogens with one attached hydrogen (secondary N) is 1. The predicted octanol–water partition coefficient (Wildman–Crippen LogP) is 2.71. The summed E-state index contributed by atoms with van der Waals surface area (Å²) in [5, 5.41) is 9.85. The van der Waals surface area contributed by atoms with Crippen LogP contribution in [0.15, 0.2) is 6.07 Å². The molecule has 0 aliphatic carbocycles. The summed E-state index contributed by atoms with van der Waals surface area (Å²) in [4.78, 5) is 3.29. The summed E-state index contributed by atoms with van der Waals surface area (Å²) in [5.74, 6) is 0.474. The van der Waals surface area contributed by atoms with Crippen LogP contribution in [0.5, 0.6) is 0 Å². The van der Waals surface area contributed by atoms with Crippen LogP contribution >= 0.6 is 11.6 Å². The zero-order valence-corrected chi connectivity index (χ0v) is 16.6. The average Bonchev–Trinajstić information content (AvgIpc) is 2.84. The van der Waals surface area contributed by atoms with Gasteiger partial charge in [0, 0.05) is 25.3 Å². The summed E-state index contributed by atoms with van der Waals surface area (Å²) in [6.07, 6.45) is 0.512. The Labute approximate surface area is 158 Å². The Bertz CT molecular complexity index is 947. The van der Waals surface area contributed by atoms with E-state index in [1.807, 2.05) is 25.3 Å². The van der Waals surface area contributed by atoms with Crippen molar-refractivity contribution < 1.29 is 22.3 Å². The van der Waals surface area contributed by atoms with Gasteiger partial charge in [-0.2, -0.15) is 5.26 Å². The second kappa shape index (κ2) is 8.35. The Kier molecular flexibility index (Phi) is 6.64. The third kappa shape index (κ3) is 4.54. The molecule has 9 heteroatoms. The maximum atomic E-state index is 10.7. The molecule has 0 saturated carbocycles. The lowest BCUT2D eigenvalue weighted by Crippen LogP contribution is -2.35. The molecule has 0 radical (unpaired) electrons. The lowest BCUT2D eigenvalue weighted by molar-refractivity contribution is -0.677. The molecule has 2 rings (SSSR count). The first kappa shape index (κ1) is 20.6. The van der Waals surface area contributed by atoms with Gasteiger partial charge in [0.05, 0.1) is 38.9 Å². The molecule has 0 bridgehead atoms. The van der Waals surface area contributed by atoms with Crippen molar-refractivity contribution in [3.05, 3.63) is 28.0 Å². The molecule has 1 atom stereocenters. The number of hydrogen-bond acceptors (Lipinski definition) is 5. The number of aromatic amines is 1. The summed E-state index contributed by atoms with van der Waals surface area (Å²) in [6.45, 7) is 6.68. The zero-order valence-electron chi connectivity index (χ0n) is 15.0. The van der Waals surface area contributed by atoms with E-state index in [-0.39, 0.29) is 18.3 Å². The number of aromatic nitrogens is 2. The molecule has 1 aromatic heterocycles. The van der Waals surface area contributed by atoms with E-state index < -0.39 is 10.1 Å². The highest BCUT2D eigenvalue weighted by molar-refractivity contribution is 7.85. The van der Waals surface area contributed by atoms with Crippen LogP contribution in [0.3, 0.4) is 0 Å². The van der Waals surface area contributed by atoms with Crippen molar-refractivity contribution in [1.82, 2.24) is 4.98 Å². The van der Waals surface area contributed by atoms with Gasteiger partial charge in [0.2, 0.25) is 0 Å². The fourth-order valence-corrected chi connectivity index (χ4v) is 3.92. The molecule has 0 saturated heterocycles. The highest BCUT2D eigenvalue weighted by atomic mass is 35.5. The van der Waals surface area contributed by atoms with Crippen LogP contribution in [0, 0.1) is 18.3 Å². The van der Waals surface area contributed by atoms with Crippen LogP contribution in [-0.4, -0.2) is 30.3 Å². The minimum atomic E-state index is -4.20. The number of ether oxygens (including phenoxy) is 1. The van der Waals surface area contributed by atoms with Crippen molar-refractivity contribution in [2.75, 3.05) is 12.4 Å². The van der Waals surface area contributed by atoms with Crippen LogP contribution in [-0.2, 0) is 21.4 Å². The summed E-state index contributed by atoms with van der Waals surface area (Å²) in [5.41, 5.74) is 2.69. The van der Waals surface area contributed by atoms with E-state index in [2.05, 4.69) is 11.1 Å². The SMILES string of the molecule is CCOC(C)c1c(C#N)c(Cl)cc2c1[nH]c(C)[n+]2CCCCS(=O)(=O)[O-]. The van der Waals surface area contributed by atoms with Crippen molar-refractivity contribution in [2.24, 2.45) is 0 Å². The molecule has 2 aromatic rings. The molecule has 1 N–H and O–H groups in total. The topological polar surface area (TPSA) is 110 Å². The van der Waals surface area contributed by atoms with E-state index in [0.29, 0.717) is 35.7 Å². The molecule has 7 nitrogen and oxygen atoms in total. The van der Waals surface area contributed by atoms with Crippen LogP contribution in [0.25, 0.3) is 11.0 Å². The number of aryl methyl sites for hydroxylation is 2. The predicted molar refractivity (Wildman–Crippen MR) is 96.8 cm³/mol. The van der Waals surface area contributed by atoms with E-state index in [1.165, 1.54) is 0 Å². The van der Waals surface area contributed by atoms with Crippen LogP contribution in [0.1, 0.15) is 49.7 Å². The molecule has 0 aliphatic heterocycles. The van der Waals surface area contributed by atoms with Crippen LogP contribution in [0.2, 0.25) is 5.02 Å². The minimum absolute atomic E-state index is 0.289. The Morgan fingerprint density at radius 2 is 2.15 bits per heavy atom. The molecular weight excluding hydrogens is 378 g/mol. The van der Waals surface area contributed by atoms with Gasteiger partial charge in [0.15, 0.2) is 11.0 Å². The largest absolute Gasteiger partial charge is 0.748 e. The molecule has 0 aliphatic rings. The number of fused-ring (bicyclic) bond motifs is 1. The van der Waals surface area contributed by atoms with Gasteiger partial charge in [-0.1, -0.05) is 11.6 Å². The molecule has 142 valence electrons. The number of H-pyrrole nitrogens is 1. The summed E-state index contributed by atoms with van der Waals surface area (Å²) in [7, 11) is -4.20. The van der Waals surface area contributed by atoms with Gasteiger partial charge < -0.3 is 9.29 Å². The summed E-state index contributed by atoms with van der Waals surface area (Å²) < 4.78 is 39.9. The van der Waals surface area contributed by atoms with Gasteiger partial charge in [-0.3, -0.25) is 0 Å². The maximum Gasteiger partial charge on any atom is 0.251 e. The highest BCUT2D eigenvalue weighted by Gasteiger charge is 2.26. The van der Waals surface area contributed by atoms with Gasteiger partial charge in [-0.15, -0.1) is 0 Å². The van der Waals surface area contributed by atoms with E-state index in [1.54, 1.807) is 6.07 Å². The number of hydrogen-bond donors (Lipinski definition) is 1. The van der Waals surface area contributed by atoms with E-state index >= 15 is 0 Å².